The van der Waals surface area contributed by atoms with Gasteiger partial charge in [0.15, 0.2) is 0 Å². The van der Waals surface area contributed by atoms with Crippen molar-refractivity contribution >= 4 is 0 Å². The number of rotatable bonds is 3. The highest BCUT2D eigenvalue weighted by Crippen LogP contribution is 2.30. The summed E-state index contributed by atoms with van der Waals surface area (Å²) in [5, 5.41) is 8.78. The molecule has 0 saturated carbocycles. The Morgan fingerprint density at radius 3 is 2.45 bits per heavy atom. The second-order valence-corrected chi connectivity index (χ2v) is 3.83. The molecule has 2 nitrogen and oxygen atoms in total. The van der Waals surface area contributed by atoms with Crippen molar-refractivity contribution in [1.29, 1.82) is 5.26 Å². The van der Waals surface area contributed by atoms with Crippen LogP contribution in [-0.2, 0) is 0 Å². The van der Waals surface area contributed by atoms with E-state index in [0.717, 1.165) is 24.3 Å². The number of halogens is 4. The highest BCUT2D eigenvalue weighted by Gasteiger charge is 2.13. The van der Waals surface area contributed by atoms with Crippen molar-refractivity contribution in [2.75, 3.05) is 0 Å². The molecule has 0 aromatic heterocycles. The zero-order chi connectivity index (χ0) is 14.7. The minimum Gasteiger partial charge on any atom is -0.433 e. The van der Waals surface area contributed by atoms with Gasteiger partial charge in [-0.05, 0) is 35.9 Å². The second-order valence-electron chi connectivity index (χ2n) is 3.83. The molecule has 0 fully saturated rings. The maximum Gasteiger partial charge on any atom is 0.387 e. The van der Waals surface area contributed by atoms with Crippen LogP contribution in [0.1, 0.15) is 5.56 Å². The van der Waals surface area contributed by atoms with Crippen LogP contribution in [0.3, 0.4) is 0 Å². The molecule has 0 bridgehead atoms. The lowest BCUT2D eigenvalue weighted by Gasteiger charge is -2.09. The highest BCUT2D eigenvalue weighted by atomic mass is 19.3. The van der Waals surface area contributed by atoms with Gasteiger partial charge in [0.1, 0.15) is 23.5 Å². The average molecular weight is 281 g/mol. The molecule has 6 heteroatoms. The number of ether oxygens (including phenoxy) is 1. The van der Waals surface area contributed by atoms with Gasteiger partial charge in [0.05, 0.1) is 5.56 Å². The number of nitrogens with zero attached hydrogens (tertiary/aromatic N) is 1. The van der Waals surface area contributed by atoms with Gasteiger partial charge in [-0.15, -0.1) is 0 Å². The van der Waals surface area contributed by atoms with Gasteiger partial charge in [0, 0.05) is 5.56 Å². The lowest BCUT2D eigenvalue weighted by Crippen LogP contribution is -2.03. The van der Waals surface area contributed by atoms with Crippen molar-refractivity contribution < 1.29 is 22.3 Å². The third-order valence-corrected chi connectivity index (χ3v) is 2.56. The van der Waals surface area contributed by atoms with Crippen LogP contribution in [0.15, 0.2) is 36.4 Å². The Hall–Kier alpha value is -2.55. The highest BCUT2D eigenvalue weighted by molar-refractivity contribution is 5.67. The summed E-state index contributed by atoms with van der Waals surface area (Å²) in [5.74, 6) is -1.76. The van der Waals surface area contributed by atoms with E-state index in [-0.39, 0.29) is 22.4 Å². The van der Waals surface area contributed by atoms with Crippen molar-refractivity contribution in [3.05, 3.63) is 53.6 Å². The van der Waals surface area contributed by atoms with Crippen molar-refractivity contribution in [2.24, 2.45) is 0 Å². The average Bonchev–Trinajstić information content (AvgIpc) is 2.41. The molecule has 102 valence electrons. The summed E-state index contributed by atoms with van der Waals surface area (Å²) in [6, 6.07) is 8.09. The van der Waals surface area contributed by atoms with Crippen LogP contribution in [0.25, 0.3) is 11.1 Å². The zero-order valence-electron chi connectivity index (χ0n) is 9.91. The first-order chi connectivity index (χ1) is 9.51. The quantitative estimate of drug-likeness (QED) is 0.793. The van der Waals surface area contributed by atoms with Gasteiger partial charge in [-0.25, -0.2) is 8.78 Å². The Morgan fingerprint density at radius 2 is 1.80 bits per heavy atom. The fourth-order valence-corrected chi connectivity index (χ4v) is 1.69. The van der Waals surface area contributed by atoms with Crippen LogP contribution in [-0.4, -0.2) is 6.61 Å². The van der Waals surface area contributed by atoms with E-state index in [9.17, 15) is 17.6 Å². The topological polar surface area (TPSA) is 33.0 Å². The summed E-state index contributed by atoms with van der Waals surface area (Å²) in [6.45, 7) is -3.12. The Labute approximate surface area is 111 Å². The third kappa shape index (κ3) is 2.88. The molecule has 0 aliphatic heterocycles. The Kier molecular flexibility index (Phi) is 3.89. The summed E-state index contributed by atoms with van der Waals surface area (Å²) in [7, 11) is 0. The molecular weight excluding hydrogens is 274 g/mol. The van der Waals surface area contributed by atoms with Gasteiger partial charge in [-0.3, -0.25) is 0 Å². The van der Waals surface area contributed by atoms with Crippen LogP contribution in [0.4, 0.5) is 17.6 Å². The van der Waals surface area contributed by atoms with Crippen molar-refractivity contribution in [2.45, 2.75) is 6.61 Å². The summed E-state index contributed by atoms with van der Waals surface area (Å²) in [4.78, 5) is 0. The van der Waals surface area contributed by atoms with Gasteiger partial charge >= 0.3 is 6.61 Å². The number of hydrogen-bond acceptors (Lipinski definition) is 2. The Morgan fingerprint density at radius 1 is 1.05 bits per heavy atom. The summed E-state index contributed by atoms with van der Waals surface area (Å²) < 4.78 is 55.4. The number of hydrogen-bond donors (Lipinski definition) is 0. The molecule has 0 saturated heterocycles. The van der Waals surface area contributed by atoms with Gasteiger partial charge in [0.25, 0.3) is 0 Å². The van der Waals surface area contributed by atoms with E-state index in [2.05, 4.69) is 4.74 Å². The molecule has 20 heavy (non-hydrogen) atoms. The van der Waals surface area contributed by atoms with Crippen molar-refractivity contribution in [1.82, 2.24) is 0 Å². The maximum atomic E-state index is 13.6. The molecule has 0 spiro atoms. The van der Waals surface area contributed by atoms with Crippen LogP contribution >= 0.6 is 0 Å². The fraction of sp³-hybridized carbons (Fsp3) is 0.0714. The van der Waals surface area contributed by atoms with Gasteiger partial charge < -0.3 is 4.74 Å². The molecule has 0 N–H and O–H groups in total. The standard InChI is InChI=1S/C14H7F4NO/c15-10-3-4-12(16)11(6-10)8-1-2-9(7-19)13(5-8)20-14(17)18/h1-6,14H. The number of nitriles is 1. The monoisotopic (exact) mass is 281 g/mol. The minimum absolute atomic E-state index is 0.103. The van der Waals surface area contributed by atoms with Crippen LogP contribution < -0.4 is 4.74 Å². The molecule has 2 aromatic rings. The first-order valence-corrected chi connectivity index (χ1v) is 5.45. The normalized spacial score (nSPS) is 10.4. The van der Waals surface area contributed by atoms with Crippen molar-refractivity contribution in [3.8, 4) is 22.9 Å². The lowest BCUT2D eigenvalue weighted by molar-refractivity contribution is -0.0500. The minimum atomic E-state index is -3.12. The van der Waals surface area contributed by atoms with Crippen LogP contribution in [0.5, 0.6) is 5.75 Å². The van der Waals surface area contributed by atoms with E-state index < -0.39 is 18.2 Å². The predicted octanol–water partition coefficient (Wildman–Crippen LogP) is 4.10. The molecule has 0 radical (unpaired) electrons. The summed E-state index contributed by atoms with van der Waals surface area (Å²) >= 11 is 0. The second kappa shape index (κ2) is 5.61. The molecule has 0 heterocycles. The first-order valence-electron chi connectivity index (χ1n) is 5.45. The van der Waals surface area contributed by atoms with E-state index >= 15 is 0 Å². The van der Waals surface area contributed by atoms with Gasteiger partial charge in [-0.1, -0.05) is 6.07 Å². The largest absolute Gasteiger partial charge is 0.433 e. The maximum absolute atomic E-state index is 13.6. The molecule has 2 rings (SSSR count). The molecule has 0 amide bonds. The van der Waals surface area contributed by atoms with E-state index in [0.29, 0.717) is 0 Å². The summed E-state index contributed by atoms with van der Waals surface area (Å²) in [5.41, 5.74) is -0.0869. The number of benzene rings is 2. The van der Waals surface area contributed by atoms with Crippen molar-refractivity contribution in [3.63, 3.8) is 0 Å². The van der Waals surface area contributed by atoms with Crippen LogP contribution in [0, 0.1) is 23.0 Å². The first kappa shape index (κ1) is 13.9. The van der Waals surface area contributed by atoms with Gasteiger partial charge in [0.2, 0.25) is 0 Å². The van der Waals surface area contributed by atoms with E-state index in [4.69, 9.17) is 5.26 Å². The Bertz CT molecular complexity index is 679. The van der Waals surface area contributed by atoms with Gasteiger partial charge in [-0.2, -0.15) is 14.0 Å². The zero-order valence-corrected chi connectivity index (χ0v) is 9.91. The smallest absolute Gasteiger partial charge is 0.387 e. The molecule has 2 aromatic carbocycles. The Balaban J connectivity index is 2.53. The fourth-order valence-electron chi connectivity index (χ4n) is 1.69. The predicted molar refractivity (Wildman–Crippen MR) is 63.1 cm³/mol. The molecule has 0 aliphatic carbocycles. The molecule has 0 unspecified atom stereocenters. The molecule has 0 atom stereocenters. The van der Waals surface area contributed by atoms with E-state index in [1.165, 1.54) is 12.1 Å². The molecular formula is C14H7F4NO. The van der Waals surface area contributed by atoms with E-state index in [1.54, 1.807) is 6.07 Å². The third-order valence-electron chi connectivity index (χ3n) is 2.56. The molecule has 0 aliphatic rings. The number of alkyl halides is 2. The SMILES string of the molecule is N#Cc1ccc(-c2cc(F)ccc2F)cc1OC(F)F. The van der Waals surface area contributed by atoms with E-state index in [1.807, 2.05) is 0 Å². The van der Waals surface area contributed by atoms with Crippen LogP contribution in [0.2, 0.25) is 0 Å². The summed E-state index contributed by atoms with van der Waals surface area (Å²) in [6.07, 6.45) is 0. The lowest BCUT2D eigenvalue weighted by atomic mass is 10.0.